The number of hydrogen-bond donors (Lipinski definition) is 0. The molecule has 0 saturated carbocycles. The van der Waals surface area contributed by atoms with E-state index in [2.05, 4.69) is 47.0 Å². The summed E-state index contributed by atoms with van der Waals surface area (Å²) in [5.41, 5.74) is 0. The maximum atomic E-state index is 2.16. The molecule has 0 nitrogen and oxygen atoms in total. The highest BCUT2D eigenvalue weighted by Crippen LogP contribution is 2.34. The highest BCUT2D eigenvalue weighted by atomic mass is 32.2. The van der Waals surface area contributed by atoms with Gasteiger partial charge >= 0.3 is 0 Å². The molecule has 4 heteroatoms. The Kier molecular flexibility index (Phi) is 5.83. The third-order valence-electron chi connectivity index (χ3n) is 2.35. The summed E-state index contributed by atoms with van der Waals surface area (Å²) in [6.45, 7) is 0. The lowest BCUT2D eigenvalue weighted by Crippen LogP contribution is -1.93. The SMILES string of the molecule is C(CSCCC1CS1)SCCC1CS1. The van der Waals surface area contributed by atoms with E-state index in [1.807, 2.05) is 0 Å². The topological polar surface area (TPSA) is 0 Å². The van der Waals surface area contributed by atoms with Gasteiger partial charge in [-0.15, -0.1) is 0 Å². The van der Waals surface area contributed by atoms with E-state index in [1.165, 1.54) is 47.4 Å². The fraction of sp³-hybridized carbons (Fsp3) is 1.00. The summed E-state index contributed by atoms with van der Waals surface area (Å²) >= 11 is 8.57. The van der Waals surface area contributed by atoms with E-state index in [0.29, 0.717) is 0 Å². The van der Waals surface area contributed by atoms with Gasteiger partial charge in [0.2, 0.25) is 0 Å². The lowest BCUT2D eigenvalue weighted by Gasteiger charge is -2.00. The van der Waals surface area contributed by atoms with E-state index in [0.717, 1.165) is 10.5 Å². The highest BCUT2D eigenvalue weighted by molar-refractivity contribution is 8.07. The van der Waals surface area contributed by atoms with Gasteiger partial charge in [0.05, 0.1) is 0 Å². The van der Waals surface area contributed by atoms with Crippen LogP contribution in [0.2, 0.25) is 0 Å². The quantitative estimate of drug-likeness (QED) is 0.463. The molecule has 0 amide bonds. The molecule has 2 atom stereocenters. The van der Waals surface area contributed by atoms with Gasteiger partial charge in [0.25, 0.3) is 0 Å². The van der Waals surface area contributed by atoms with Crippen molar-refractivity contribution in [3.05, 3.63) is 0 Å². The normalized spacial score (nSPS) is 29.1. The Morgan fingerprint density at radius 2 is 1.21 bits per heavy atom. The summed E-state index contributed by atoms with van der Waals surface area (Å²) in [7, 11) is 0. The van der Waals surface area contributed by atoms with Gasteiger partial charge < -0.3 is 0 Å². The molecule has 0 aromatic carbocycles. The van der Waals surface area contributed by atoms with Crippen LogP contribution in [0.4, 0.5) is 0 Å². The van der Waals surface area contributed by atoms with Crippen molar-refractivity contribution >= 4 is 47.0 Å². The van der Waals surface area contributed by atoms with Crippen molar-refractivity contribution in [2.45, 2.75) is 23.3 Å². The Morgan fingerprint density at radius 3 is 1.57 bits per heavy atom. The molecule has 2 fully saturated rings. The molecular weight excluding hydrogens is 248 g/mol. The molecule has 0 aromatic heterocycles. The lowest BCUT2D eigenvalue weighted by molar-refractivity contribution is 0.992. The number of hydrogen-bond acceptors (Lipinski definition) is 4. The van der Waals surface area contributed by atoms with Crippen molar-refractivity contribution in [1.82, 2.24) is 0 Å². The first kappa shape index (κ1) is 11.9. The van der Waals surface area contributed by atoms with Crippen LogP contribution in [-0.2, 0) is 0 Å². The average Bonchev–Trinajstić information content (AvgIpc) is 3.00. The minimum atomic E-state index is 1.04. The molecule has 2 rings (SSSR count). The summed E-state index contributed by atoms with van der Waals surface area (Å²) in [6.07, 6.45) is 2.91. The first-order valence-electron chi connectivity index (χ1n) is 5.34. The molecule has 2 heterocycles. The number of rotatable bonds is 9. The summed E-state index contributed by atoms with van der Waals surface area (Å²) in [5, 5.41) is 2.09. The molecule has 14 heavy (non-hydrogen) atoms. The molecule has 2 unspecified atom stereocenters. The second-order valence-corrected chi connectivity index (χ2v) is 8.83. The van der Waals surface area contributed by atoms with E-state index in [9.17, 15) is 0 Å². The Hall–Kier alpha value is 1.40. The third-order valence-corrected chi connectivity index (χ3v) is 6.72. The smallest absolute Gasteiger partial charge is 0.0146 e. The predicted molar refractivity (Wildman–Crippen MR) is 76.4 cm³/mol. The van der Waals surface area contributed by atoms with Crippen LogP contribution in [0.3, 0.4) is 0 Å². The fourth-order valence-electron chi connectivity index (χ4n) is 1.22. The van der Waals surface area contributed by atoms with Crippen molar-refractivity contribution in [2.75, 3.05) is 34.5 Å². The van der Waals surface area contributed by atoms with Crippen LogP contribution in [0, 0.1) is 0 Å². The zero-order chi connectivity index (χ0) is 9.64. The summed E-state index contributed by atoms with van der Waals surface area (Å²) in [6, 6.07) is 0. The molecule has 82 valence electrons. The van der Waals surface area contributed by atoms with Crippen LogP contribution in [0.25, 0.3) is 0 Å². The minimum Gasteiger partial charge on any atom is -0.161 e. The average molecular weight is 267 g/mol. The first-order chi connectivity index (χ1) is 6.95. The second kappa shape index (κ2) is 6.87. The van der Waals surface area contributed by atoms with Crippen molar-refractivity contribution in [3.63, 3.8) is 0 Å². The highest BCUT2D eigenvalue weighted by Gasteiger charge is 2.21. The fourth-order valence-corrected chi connectivity index (χ4v) is 4.95. The van der Waals surface area contributed by atoms with Crippen LogP contribution < -0.4 is 0 Å². The van der Waals surface area contributed by atoms with Crippen LogP contribution in [-0.4, -0.2) is 45.0 Å². The third kappa shape index (κ3) is 6.09. The van der Waals surface area contributed by atoms with Crippen molar-refractivity contribution in [3.8, 4) is 0 Å². The molecule has 2 aliphatic heterocycles. The molecule has 0 radical (unpaired) electrons. The van der Waals surface area contributed by atoms with E-state index in [1.54, 1.807) is 0 Å². The molecule has 2 saturated heterocycles. The summed E-state index contributed by atoms with van der Waals surface area (Å²) in [4.78, 5) is 0. The Labute approximate surface area is 105 Å². The Morgan fingerprint density at radius 1 is 0.786 bits per heavy atom. The molecule has 0 spiro atoms. The van der Waals surface area contributed by atoms with Gasteiger partial charge in [0.15, 0.2) is 0 Å². The minimum absolute atomic E-state index is 1.04. The first-order valence-corrected chi connectivity index (χ1v) is 9.74. The van der Waals surface area contributed by atoms with Gasteiger partial charge in [0, 0.05) is 33.5 Å². The van der Waals surface area contributed by atoms with Crippen LogP contribution in [0.1, 0.15) is 12.8 Å². The Balaban J connectivity index is 1.25. The molecule has 0 aliphatic carbocycles. The van der Waals surface area contributed by atoms with Gasteiger partial charge in [-0.05, 0) is 24.3 Å². The van der Waals surface area contributed by atoms with Crippen molar-refractivity contribution in [2.24, 2.45) is 0 Å². The number of thioether (sulfide) groups is 4. The van der Waals surface area contributed by atoms with Gasteiger partial charge in [-0.3, -0.25) is 0 Å². The molecule has 0 aromatic rings. The van der Waals surface area contributed by atoms with Crippen LogP contribution in [0.5, 0.6) is 0 Å². The van der Waals surface area contributed by atoms with Crippen molar-refractivity contribution in [1.29, 1.82) is 0 Å². The van der Waals surface area contributed by atoms with Crippen molar-refractivity contribution < 1.29 is 0 Å². The standard InChI is InChI=1S/C10H18S4/c1(9-7-13-9)3-11-5-6-12-4-2-10-8-14-10/h9-10H,1-8H2. The summed E-state index contributed by atoms with van der Waals surface area (Å²) in [5.74, 6) is 8.43. The maximum absolute atomic E-state index is 2.16. The van der Waals surface area contributed by atoms with Gasteiger partial charge in [-0.25, -0.2) is 0 Å². The van der Waals surface area contributed by atoms with Gasteiger partial charge in [-0.1, -0.05) is 0 Å². The van der Waals surface area contributed by atoms with E-state index >= 15 is 0 Å². The van der Waals surface area contributed by atoms with E-state index in [-0.39, 0.29) is 0 Å². The zero-order valence-electron chi connectivity index (χ0n) is 8.44. The van der Waals surface area contributed by atoms with Gasteiger partial charge in [-0.2, -0.15) is 47.0 Å². The second-order valence-electron chi connectivity index (χ2n) is 3.71. The predicted octanol–water partition coefficient (Wildman–Crippen LogP) is 3.46. The van der Waals surface area contributed by atoms with E-state index in [4.69, 9.17) is 0 Å². The van der Waals surface area contributed by atoms with E-state index < -0.39 is 0 Å². The zero-order valence-corrected chi connectivity index (χ0v) is 11.7. The monoisotopic (exact) mass is 266 g/mol. The van der Waals surface area contributed by atoms with Crippen LogP contribution in [0.15, 0.2) is 0 Å². The summed E-state index contributed by atoms with van der Waals surface area (Å²) < 4.78 is 0. The van der Waals surface area contributed by atoms with Crippen LogP contribution >= 0.6 is 47.0 Å². The van der Waals surface area contributed by atoms with Gasteiger partial charge in [0.1, 0.15) is 0 Å². The lowest BCUT2D eigenvalue weighted by atomic mass is 10.4. The molecule has 0 bridgehead atoms. The molecular formula is C10H18S4. The molecule has 0 N–H and O–H groups in total. The molecule has 2 aliphatic rings. The Bertz CT molecular complexity index is 136. The maximum Gasteiger partial charge on any atom is 0.0146 e. The largest absolute Gasteiger partial charge is 0.161 e.